The van der Waals surface area contributed by atoms with Crippen molar-refractivity contribution < 1.29 is 14.6 Å². The highest BCUT2D eigenvalue weighted by Crippen LogP contribution is 2.33. The normalized spacial score (nSPS) is 31.5. The molecule has 3 heteroatoms. The van der Waals surface area contributed by atoms with Crippen LogP contribution in [0.15, 0.2) is 0 Å². The molecule has 88 valence electrons. The van der Waals surface area contributed by atoms with E-state index in [1.165, 1.54) is 0 Å². The summed E-state index contributed by atoms with van der Waals surface area (Å²) in [6.07, 6.45) is 4.37. The minimum Gasteiger partial charge on any atom is -0.385 e. The van der Waals surface area contributed by atoms with Crippen molar-refractivity contribution in [1.29, 1.82) is 0 Å². The second kappa shape index (κ2) is 5.61. The molecule has 0 heterocycles. The van der Waals surface area contributed by atoms with Gasteiger partial charge in [0.05, 0.1) is 0 Å². The lowest BCUT2D eigenvalue weighted by Crippen LogP contribution is -2.41. The molecule has 3 nitrogen and oxygen atoms in total. The van der Waals surface area contributed by atoms with Crippen LogP contribution in [0.1, 0.15) is 45.4 Å². The van der Waals surface area contributed by atoms with Crippen molar-refractivity contribution in [2.45, 2.75) is 51.0 Å². The van der Waals surface area contributed by atoms with Gasteiger partial charge in [0, 0.05) is 20.1 Å². The number of hydrogen-bond acceptors (Lipinski definition) is 3. The maximum atomic E-state index is 11.8. The van der Waals surface area contributed by atoms with E-state index in [2.05, 4.69) is 6.92 Å². The van der Waals surface area contributed by atoms with Crippen LogP contribution in [0.4, 0.5) is 0 Å². The Bertz CT molecular complexity index is 205. The number of carbonyl (C=O) groups excluding carboxylic acids is 1. The smallest absolute Gasteiger partial charge is 0.164 e. The van der Waals surface area contributed by atoms with Crippen LogP contribution in [-0.2, 0) is 9.53 Å². The second-order valence-corrected chi connectivity index (χ2v) is 4.73. The molecule has 0 amide bonds. The largest absolute Gasteiger partial charge is 0.385 e. The van der Waals surface area contributed by atoms with Gasteiger partial charge in [-0.1, -0.05) is 6.92 Å². The number of hydrogen-bond donors (Lipinski definition) is 1. The summed E-state index contributed by atoms with van der Waals surface area (Å²) in [5.41, 5.74) is -1.03. The van der Waals surface area contributed by atoms with Gasteiger partial charge in [0.1, 0.15) is 5.60 Å². The van der Waals surface area contributed by atoms with E-state index in [4.69, 9.17) is 4.74 Å². The summed E-state index contributed by atoms with van der Waals surface area (Å²) >= 11 is 0. The molecule has 0 aromatic carbocycles. The van der Waals surface area contributed by atoms with Crippen molar-refractivity contribution in [3.63, 3.8) is 0 Å². The van der Waals surface area contributed by atoms with Crippen LogP contribution in [0.3, 0.4) is 0 Å². The first-order valence-electron chi connectivity index (χ1n) is 5.83. The number of rotatable bonds is 5. The van der Waals surface area contributed by atoms with Crippen LogP contribution in [-0.4, -0.2) is 30.2 Å². The van der Waals surface area contributed by atoms with Crippen LogP contribution in [0.5, 0.6) is 0 Å². The van der Waals surface area contributed by atoms with E-state index in [9.17, 15) is 9.90 Å². The fourth-order valence-electron chi connectivity index (χ4n) is 2.13. The molecule has 0 unspecified atom stereocenters. The van der Waals surface area contributed by atoms with E-state index in [1.54, 1.807) is 7.11 Å². The van der Waals surface area contributed by atoms with Gasteiger partial charge in [-0.25, -0.2) is 0 Å². The minimum absolute atomic E-state index is 0.00597. The first-order valence-corrected chi connectivity index (χ1v) is 5.83. The molecule has 0 saturated heterocycles. The Kier molecular flexibility index (Phi) is 4.74. The van der Waals surface area contributed by atoms with Gasteiger partial charge < -0.3 is 9.84 Å². The Balaban J connectivity index is 2.36. The molecule has 0 bridgehead atoms. The van der Waals surface area contributed by atoms with Crippen molar-refractivity contribution in [2.24, 2.45) is 5.92 Å². The van der Waals surface area contributed by atoms with Crippen LogP contribution < -0.4 is 0 Å². The molecule has 0 aliphatic heterocycles. The number of ether oxygens (including phenoxy) is 1. The molecule has 1 fully saturated rings. The molecule has 0 radical (unpaired) electrons. The zero-order valence-electron chi connectivity index (χ0n) is 9.79. The van der Waals surface area contributed by atoms with Crippen molar-refractivity contribution in [2.75, 3.05) is 13.7 Å². The molecule has 1 saturated carbocycles. The topological polar surface area (TPSA) is 46.5 Å². The molecule has 0 atom stereocenters. The number of ketones is 1. The summed E-state index contributed by atoms with van der Waals surface area (Å²) in [6.45, 7) is 2.77. The first kappa shape index (κ1) is 12.7. The fourth-order valence-corrected chi connectivity index (χ4v) is 2.13. The van der Waals surface area contributed by atoms with E-state index < -0.39 is 5.60 Å². The summed E-state index contributed by atoms with van der Waals surface area (Å²) in [7, 11) is 1.63. The summed E-state index contributed by atoms with van der Waals surface area (Å²) < 4.78 is 4.90. The van der Waals surface area contributed by atoms with Crippen LogP contribution in [0.2, 0.25) is 0 Å². The van der Waals surface area contributed by atoms with Crippen molar-refractivity contribution in [1.82, 2.24) is 0 Å². The average molecular weight is 214 g/mol. The van der Waals surface area contributed by atoms with E-state index in [0.29, 0.717) is 38.2 Å². The molecular formula is C12H22O3. The third kappa shape index (κ3) is 3.58. The number of Topliss-reactive ketones (excluding diaryl/α,β-unsaturated/α-hetero) is 1. The average Bonchev–Trinajstić information content (AvgIpc) is 2.23. The minimum atomic E-state index is -1.03. The Morgan fingerprint density at radius 2 is 2.07 bits per heavy atom. The van der Waals surface area contributed by atoms with Gasteiger partial charge in [0.25, 0.3) is 0 Å². The van der Waals surface area contributed by atoms with E-state index in [-0.39, 0.29) is 5.78 Å². The van der Waals surface area contributed by atoms with E-state index in [0.717, 1.165) is 12.8 Å². The highest BCUT2D eigenvalue weighted by atomic mass is 16.5. The Labute approximate surface area is 91.8 Å². The number of aliphatic hydroxyl groups is 1. The molecule has 1 aliphatic rings. The monoisotopic (exact) mass is 214 g/mol. The lowest BCUT2D eigenvalue weighted by atomic mass is 9.76. The van der Waals surface area contributed by atoms with Gasteiger partial charge in [0.15, 0.2) is 5.78 Å². The van der Waals surface area contributed by atoms with Gasteiger partial charge in [-0.05, 0) is 38.0 Å². The first-order chi connectivity index (χ1) is 7.08. The van der Waals surface area contributed by atoms with Crippen LogP contribution >= 0.6 is 0 Å². The standard InChI is InChI=1S/C12H22O3/c1-10-5-7-12(14,8-6-10)11(13)4-3-9-15-2/h10,14H,3-9H2,1-2H3. The maximum Gasteiger partial charge on any atom is 0.164 e. The predicted molar refractivity (Wildman–Crippen MR) is 58.7 cm³/mol. The predicted octanol–water partition coefficient (Wildman–Crippen LogP) is 1.92. The zero-order chi connectivity index (χ0) is 11.3. The SMILES string of the molecule is COCCCC(=O)C1(O)CCC(C)CC1. The van der Waals surface area contributed by atoms with Crippen molar-refractivity contribution >= 4 is 5.78 Å². The Morgan fingerprint density at radius 3 is 2.60 bits per heavy atom. The molecule has 0 aromatic rings. The molecule has 1 rings (SSSR count). The van der Waals surface area contributed by atoms with Gasteiger partial charge in [0.2, 0.25) is 0 Å². The summed E-state index contributed by atoms with van der Waals surface area (Å²) in [5, 5.41) is 10.2. The second-order valence-electron chi connectivity index (χ2n) is 4.73. The maximum absolute atomic E-state index is 11.8. The van der Waals surface area contributed by atoms with E-state index in [1.807, 2.05) is 0 Å². The lowest BCUT2D eigenvalue weighted by molar-refractivity contribution is -0.141. The molecular weight excluding hydrogens is 192 g/mol. The number of carbonyl (C=O) groups is 1. The van der Waals surface area contributed by atoms with E-state index >= 15 is 0 Å². The summed E-state index contributed by atoms with van der Waals surface area (Å²) in [6, 6.07) is 0. The van der Waals surface area contributed by atoms with Crippen LogP contribution in [0, 0.1) is 5.92 Å². The quantitative estimate of drug-likeness (QED) is 0.711. The molecule has 0 spiro atoms. The Hall–Kier alpha value is -0.410. The van der Waals surface area contributed by atoms with Crippen molar-refractivity contribution in [3.8, 4) is 0 Å². The number of methoxy groups -OCH3 is 1. The summed E-state index contributed by atoms with van der Waals surface area (Å²) in [4.78, 5) is 11.8. The molecule has 0 aromatic heterocycles. The summed E-state index contributed by atoms with van der Waals surface area (Å²) in [5.74, 6) is 0.656. The van der Waals surface area contributed by atoms with Gasteiger partial charge >= 0.3 is 0 Å². The zero-order valence-corrected chi connectivity index (χ0v) is 9.79. The van der Waals surface area contributed by atoms with Gasteiger partial charge in [-0.2, -0.15) is 0 Å². The molecule has 15 heavy (non-hydrogen) atoms. The lowest BCUT2D eigenvalue weighted by Gasteiger charge is -2.33. The molecule has 1 N–H and O–H groups in total. The highest BCUT2D eigenvalue weighted by Gasteiger charge is 2.37. The molecule has 1 aliphatic carbocycles. The Morgan fingerprint density at radius 1 is 1.47 bits per heavy atom. The van der Waals surface area contributed by atoms with Crippen LogP contribution in [0.25, 0.3) is 0 Å². The van der Waals surface area contributed by atoms with Gasteiger partial charge in [-0.3, -0.25) is 4.79 Å². The highest BCUT2D eigenvalue weighted by molar-refractivity contribution is 5.87. The van der Waals surface area contributed by atoms with Gasteiger partial charge in [-0.15, -0.1) is 0 Å². The third-order valence-corrected chi connectivity index (χ3v) is 3.37. The fraction of sp³-hybridized carbons (Fsp3) is 0.917. The third-order valence-electron chi connectivity index (χ3n) is 3.37. The van der Waals surface area contributed by atoms with Crippen molar-refractivity contribution in [3.05, 3.63) is 0 Å².